The van der Waals surface area contributed by atoms with Gasteiger partial charge in [-0.2, -0.15) is 5.26 Å². The van der Waals surface area contributed by atoms with Crippen LogP contribution in [0.1, 0.15) is 11.5 Å². The minimum atomic E-state index is -0.138. The van der Waals surface area contributed by atoms with Crippen molar-refractivity contribution in [1.82, 2.24) is 4.90 Å². The molecule has 1 aromatic rings. The van der Waals surface area contributed by atoms with Gasteiger partial charge in [0.2, 0.25) is 0 Å². The van der Waals surface area contributed by atoms with E-state index >= 15 is 0 Å². The molecule has 1 atom stereocenters. The molecule has 0 aliphatic carbocycles. The summed E-state index contributed by atoms with van der Waals surface area (Å²) in [6.07, 6.45) is 0. The average molecular weight is 232 g/mol. The standard InChI is InChI=1S/C13H16N2O2/c1-15(2)9-11(8-14)10-3-4-12-13(7-10)17-6-5-16-12/h3-4,7,11H,5-6,9H2,1-2H3. The molecule has 1 heterocycles. The van der Waals surface area contributed by atoms with Crippen LogP contribution in [-0.4, -0.2) is 38.8 Å². The van der Waals surface area contributed by atoms with E-state index in [0.29, 0.717) is 19.8 Å². The molecule has 4 nitrogen and oxygen atoms in total. The van der Waals surface area contributed by atoms with Crippen LogP contribution in [0.4, 0.5) is 0 Å². The van der Waals surface area contributed by atoms with Crippen LogP contribution >= 0.6 is 0 Å². The number of benzene rings is 1. The van der Waals surface area contributed by atoms with Crippen LogP contribution in [0.15, 0.2) is 18.2 Å². The van der Waals surface area contributed by atoms with Crippen molar-refractivity contribution in [2.24, 2.45) is 0 Å². The number of nitrogens with zero attached hydrogens (tertiary/aromatic N) is 2. The van der Waals surface area contributed by atoms with E-state index in [2.05, 4.69) is 6.07 Å². The Morgan fingerprint density at radius 1 is 1.29 bits per heavy atom. The van der Waals surface area contributed by atoms with Crippen molar-refractivity contribution in [3.63, 3.8) is 0 Å². The summed E-state index contributed by atoms with van der Waals surface area (Å²) in [6.45, 7) is 1.86. The highest BCUT2D eigenvalue weighted by Crippen LogP contribution is 2.33. The number of ether oxygens (including phenoxy) is 2. The Kier molecular flexibility index (Phi) is 3.50. The molecule has 2 rings (SSSR count). The predicted molar refractivity (Wildman–Crippen MR) is 64.3 cm³/mol. The second kappa shape index (κ2) is 5.07. The summed E-state index contributed by atoms with van der Waals surface area (Å²) < 4.78 is 11.0. The second-order valence-corrected chi connectivity index (χ2v) is 4.35. The summed E-state index contributed by atoms with van der Waals surface area (Å²) in [5.74, 6) is 1.37. The molecule has 1 aromatic carbocycles. The Bertz CT molecular complexity index is 438. The summed E-state index contributed by atoms with van der Waals surface area (Å²) in [5, 5.41) is 9.18. The molecule has 4 heteroatoms. The molecule has 0 saturated carbocycles. The molecule has 0 saturated heterocycles. The zero-order valence-electron chi connectivity index (χ0n) is 10.1. The van der Waals surface area contributed by atoms with Gasteiger partial charge in [0.05, 0.1) is 12.0 Å². The highest BCUT2D eigenvalue weighted by molar-refractivity contribution is 5.45. The zero-order valence-corrected chi connectivity index (χ0v) is 10.1. The molecule has 0 N–H and O–H groups in total. The van der Waals surface area contributed by atoms with E-state index in [0.717, 1.165) is 17.1 Å². The lowest BCUT2D eigenvalue weighted by Crippen LogP contribution is -2.20. The zero-order chi connectivity index (χ0) is 12.3. The molecular formula is C13H16N2O2. The second-order valence-electron chi connectivity index (χ2n) is 4.35. The topological polar surface area (TPSA) is 45.5 Å². The fourth-order valence-corrected chi connectivity index (χ4v) is 1.86. The van der Waals surface area contributed by atoms with Crippen LogP contribution < -0.4 is 9.47 Å². The van der Waals surface area contributed by atoms with Crippen LogP contribution in [0, 0.1) is 11.3 Å². The molecule has 90 valence electrons. The third-order valence-electron chi connectivity index (χ3n) is 2.67. The van der Waals surface area contributed by atoms with Crippen molar-refractivity contribution >= 4 is 0 Å². The lowest BCUT2D eigenvalue weighted by atomic mass is 9.99. The maximum atomic E-state index is 9.18. The molecule has 0 fully saturated rings. The Hall–Kier alpha value is -1.73. The van der Waals surface area contributed by atoms with E-state index in [-0.39, 0.29) is 5.92 Å². The molecule has 1 aliphatic rings. The molecule has 0 aromatic heterocycles. The largest absolute Gasteiger partial charge is 0.486 e. The van der Waals surface area contributed by atoms with Gasteiger partial charge in [-0.15, -0.1) is 0 Å². The van der Waals surface area contributed by atoms with Crippen LogP contribution in [0.2, 0.25) is 0 Å². The highest BCUT2D eigenvalue weighted by Gasteiger charge is 2.17. The van der Waals surface area contributed by atoms with Crippen molar-refractivity contribution in [3.05, 3.63) is 23.8 Å². The van der Waals surface area contributed by atoms with Gasteiger partial charge in [-0.3, -0.25) is 0 Å². The Morgan fingerprint density at radius 3 is 2.65 bits per heavy atom. The van der Waals surface area contributed by atoms with Crippen LogP contribution in [0.25, 0.3) is 0 Å². The number of hydrogen-bond acceptors (Lipinski definition) is 4. The molecule has 0 spiro atoms. The highest BCUT2D eigenvalue weighted by atomic mass is 16.6. The van der Waals surface area contributed by atoms with Crippen LogP contribution in [-0.2, 0) is 0 Å². The first kappa shape index (κ1) is 11.7. The van der Waals surface area contributed by atoms with Gasteiger partial charge >= 0.3 is 0 Å². The number of likely N-dealkylation sites (N-methyl/N-ethyl adjacent to an activating group) is 1. The normalized spacial score (nSPS) is 15.4. The SMILES string of the molecule is CN(C)CC(C#N)c1ccc2c(c1)OCCO2. The molecule has 1 unspecified atom stereocenters. The van der Waals surface area contributed by atoms with Crippen molar-refractivity contribution in [1.29, 1.82) is 5.26 Å². The average Bonchev–Trinajstić information content (AvgIpc) is 2.35. The quantitative estimate of drug-likeness (QED) is 0.794. The first-order valence-electron chi connectivity index (χ1n) is 5.64. The molecule has 0 bridgehead atoms. The monoisotopic (exact) mass is 232 g/mol. The lowest BCUT2D eigenvalue weighted by molar-refractivity contribution is 0.171. The van der Waals surface area contributed by atoms with Gasteiger partial charge in [-0.1, -0.05) is 6.07 Å². The van der Waals surface area contributed by atoms with Crippen molar-refractivity contribution < 1.29 is 9.47 Å². The molecule has 0 amide bonds. The van der Waals surface area contributed by atoms with Gasteiger partial charge in [0.1, 0.15) is 13.2 Å². The molecule has 17 heavy (non-hydrogen) atoms. The van der Waals surface area contributed by atoms with E-state index in [4.69, 9.17) is 9.47 Å². The van der Waals surface area contributed by atoms with Gasteiger partial charge in [0, 0.05) is 6.54 Å². The van der Waals surface area contributed by atoms with E-state index in [1.165, 1.54) is 0 Å². The van der Waals surface area contributed by atoms with Crippen LogP contribution in [0.3, 0.4) is 0 Å². The first-order valence-corrected chi connectivity index (χ1v) is 5.64. The minimum Gasteiger partial charge on any atom is -0.486 e. The number of nitriles is 1. The van der Waals surface area contributed by atoms with Crippen LogP contribution in [0.5, 0.6) is 11.5 Å². The molecule has 0 radical (unpaired) electrons. The lowest BCUT2D eigenvalue weighted by Gasteiger charge is -2.21. The Labute approximate surface area is 101 Å². The van der Waals surface area contributed by atoms with E-state index < -0.39 is 0 Å². The van der Waals surface area contributed by atoms with Gasteiger partial charge in [-0.25, -0.2) is 0 Å². The molecular weight excluding hydrogens is 216 g/mol. The summed E-state index contributed by atoms with van der Waals surface area (Å²) in [7, 11) is 3.92. The smallest absolute Gasteiger partial charge is 0.161 e. The van der Waals surface area contributed by atoms with Crippen molar-refractivity contribution in [2.75, 3.05) is 33.9 Å². The van der Waals surface area contributed by atoms with E-state index in [9.17, 15) is 5.26 Å². The van der Waals surface area contributed by atoms with Gasteiger partial charge in [-0.05, 0) is 31.8 Å². The van der Waals surface area contributed by atoms with E-state index in [1.807, 2.05) is 37.2 Å². The fourth-order valence-electron chi connectivity index (χ4n) is 1.86. The van der Waals surface area contributed by atoms with Gasteiger partial charge in [0.25, 0.3) is 0 Å². The summed E-state index contributed by atoms with van der Waals surface area (Å²) in [6, 6.07) is 8.04. The van der Waals surface area contributed by atoms with E-state index in [1.54, 1.807) is 0 Å². The number of rotatable bonds is 3. The number of hydrogen-bond donors (Lipinski definition) is 0. The summed E-state index contributed by atoms with van der Waals surface area (Å²) in [5.41, 5.74) is 0.977. The van der Waals surface area contributed by atoms with Crippen molar-refractivity contribution in [3.8, 4) is 17.6 Å². The number of fused-ring (bicyclic) bond motifs is 1. The maximum Gasteiger partial charge on any atom is 0.161 e. The third kappa shape index (κ3) is 2.69. The maximum absolute atomic E-state index is 9.18. The summed E-state index contributed by atoms with van der Waals surface area (Å²) in [4.78, 5) is 2.00. The van der Waals surface area contributed by atoms with Gasteiger partial charge < -0.3 is 14.4 Å². The Morgan fingerprint density at radius 2 is 2.00 bits per heavy atom. The van der Waals surface area contributed by atoms with Crippen molar-refractivity contribution in [2.45, 2.75) is 5.92 Å². The minimum absolute atomic E-state index is 0.138. The predicted octanol–water partition coefficient (Wildman–Crippen LogP) is 1.63. The Balaban J connectivity index is 2.23. The fraction of sp³-hybridized carbons (Fsp3) is 0.462. The van der Waals surface area contributed by atoms with Gasteiger partial charge in [0.15, 0.2) is 11.5 Å². The third-order valence-corrected chi connectivity index (χ3v) is 2.67. The molecule has 1 aliphatic heterocycles. The first-order chi connectivity index (χ1) is 8.20. The summed E-state index contributed by atoms with van der Waals surface area (Å²) >= 11 is 0.